The van der Waals surface area contributed by atoms with Crippen LogP contribution in [0, 0.1) is 0 Å². The summed E-state index contributed by atoms with van der Waals surface area (Å²) in [5.41, 5.74) is 3.40. The SMILES string of the molecule is CCN(CC)c1ccc(/C=C/C=C/c2cc(OC)c(OC)c(OC)c2)cc1. The Balaban J connectivity index is 2.10. The zero-order valence-electron chi connectivity index (χ0n) is 16.9. The minimum atomic E-state index is 0.598. The fourth-order valence-corrected chi connectivity index (χ4v) is 2.92. The van der Waals surface area contributed by atoms with E-state index in [0.29, 0.717) is 17.2 Å². The van der Waals surface area contributed by atoms with Gasteiger partial charge in [0.15, 0.2) is 11.5 Å². The van der Waals surface area contributed by atoms with Gasteiger partial charge < -0.3 is 19.1 Å². The first-order valence-electron chi connectivity index (χ1n) is 9.16. The van der Waals surface area contributed by atoms with E-state index < -0.39 is 0 Å². The van der Waals surface area contributed by atoms with Crippen LogP contribution in [0.25, 0.3) is 12.2 Å². The summed E-state index contributed by atoms with van der Waals surface area (Å²) in [6, 6.07) is 12.4. The van der Waals surface area contributed by atoms with Crippen LogP contribution in [-0.4, -0.2) is 34.4 Å². The largest absolute Gasteiger partial charge is 0.493 e. The van der Waals surface area contributed by atoms with Crippen molar-refractivity contribution in [1.82, 2.24) is 0 Å². The Labute approximate surface area is 162 Å². The highest BCUT2D eigenvalue weighted by atomic mass is 16.5. The van der Waals surface area contributed by atoms with Gasteiger partial charge in [0.1, 0.15) is 0 Å². The maximum absolute atomic E-state index is 5.38. The standard InChI is InChI=1S/C23H29NO3/c1-6-24(7-2)20-14-12-18(13-15-20)10-8-9-11-19-16-21(25-3)23(27-5)22(17-19)26-4/h8-17H,6-7H2,1-5H3/b10-8+,11-9+. The molecular weight excluding hydrogens is 338 g/mol. The molecule has 4 nitrogen and oxygen atoms in total. The van der Waals surface area contributed by atoms with Gasteiger partial charge in [0.25, 0.3) is 0 Å². The molecule has 2 aromatic rings. The van der Waals surface area contributed by atoms with Gasteiger partial charge in [0.2, 0.25) is 5.75 Å². The quantitative estimate of drug-likeness (QED) is 0.564. The van der Waals surface area contributed by atoms with Crippen LogP contribution in [0.3, 0.4) is 0 Å². The third-order valence-electron chi connectivity index (χ3n) is 4.40. The highest BCUT2D eigenvalue weighted by molar-refractivity contribution is 5.64. The van der Waals surface area contributed by atoms with Crippen molar-refractivity contribution in [1.29, 1.82) is 0 Å². The smallest absolute Gasteiger partial charge is 0.203 e. The predicted octanol–water partition coefficient (Wildman–Crippen LogP) is 5.29. The lowest BCUT2D eigenvalue weighted by Crippen LogP contribution is -2.21. The number of benzene rings is 2. The average Bonchev–Trinajstić information content (AvgIpc) is 2.72. The fourth-order valence-electron chi connectivity index (χ4n) is 2.92. The van der Waals surface area contributed by atoms with Crippen LogP contribution in [0.15, 0.2) is 48.6 Å². The lowest BCUT2D eigenvalue weighted by atomic mass is 10.1. The number of anilines is 1. The molecule has 0 amide bonds. The molecule has 0 spiro atoms. The van der Waals surface area contributed by atoms with Crippen molar-refractivity contribution in [3.8, 4) is 17.2 Å². The first kappa shape index (κ1) is 20.4. The van der Waals surface area contributed by atoms with E-state index in [1.807, 2.05) is 30.4 Å². The van der Waals surface area contributed by atoms with Gasteiger partial charge in [-0.3, -0.25) is 0 Å². The number of allylic oxidation sites excluding steroid dienone is 2. The summed E-state index contributed by atoms with van der Waals surface area (Å²) in [4.78, 5) is 2.33. The predicted molar refractivity (Wildman–Crippen MR) is 114 cm³/mol. The summed E-state index contributed by atoms with van der Waals surface area (Å²) < 4.78 is 16.1. The van der Waals surface area contributed by atoms with Gasteiger partial charge >= 0.3 is 0 Å². The lowest BCUT2D eigenvalue weighted by molar-refractivity contribution is 0.324. The molecule has 0 aromatic heterocycles. The first-order chi connectivity index (χ1) is 13.2. The molecule has 0 fully saturated rings. The molecule has 0 aliphatic carbocycles. The van der Waals surface area contributed by atoms with Gasteiger partial charge in [-0.15, -0.1) is 0 Å². The zero-order chi connectivity index (χ0) is 19.6. The Bertz CT molecular complexity index is 750. The number of ether oxygens (including phenoxy) is 3. The molecule has 0 radical (unpaired) electrons. The molecule has 0 N–H and O–H groups in total. The van der Waals surface area contributed by atoms with E-state index in [1.54, 1.807) is 21.3 Å². The molecule has 0 bridgehead atoms. The second kappa shape index (κ2) is 10.3. The van der Waals surface area contributed by atoms with Gasteiger partial charge in [0.05, 0.1) is 21.3 Å². The molecule has 2 aromatic carbocycles. The second-order valence-electron chi connectivity index (χ2n) is 5.94. The maximum atomic E-state index is 5.38. The van der Waals surface area contributed by atoms with Crippen LogP contribution in [0.1, 0.15) is 25.0 Å². The van der Waals surface area contributed by atoms with Crippen molar-refractivity contribution in [2.75, 3.05) is 39.3 Å². The van der Waals surface area contributed by atoms with Crippen LogP contribution in [0.4, 0.5) is 5.69 Å². The number of rotatable bonds is 9. The van der Waals surface area contributed by atoms with E-state index in [-0.39, 0.29) is 0 Å². The summed E-state index contributed by atoms with van der Waals surface area (Å²) in [5, 5.41) is 0. The summed E-state index contributed by atoms with van der Waals surface area (Å²) >= 11 is 0. The Kier molecular flexibility index (Phi) is 7.80. The van der Waals surface area contributed by atoms with Crippen molar-refractivity contribution < 1.29 is 14.2 Å². The highest BCUT2D eigenvalue weighted by Crippen LogP contribution is 2.38. The highest BCUT2D eigenvalue weighted by Gasteiger charge is 2.11. The number of hydrogen-bond donors (Lipinski definition) is 0. The molecule has 0 aliphatic heterocycles. The molecule has 0 aliphatic rings. The van der Waals surface area contributed by atoms with Crippen molar-refractivity contribution in [3.63, 3.8) is 0 Å². The zero-order valence-corrected chi connectivity index (χ0v) is 16.9. The third kappa shape index (κ3) is 5.30. The van der Waals surface area contributed by atoms with Crippen molar-refractivity contribution in [3.05, 3.63) is 59.7 Å². The van der Waals surface area contributed by atoms with Crippen molar-refractivity contribution in [2.45, 2.75) is 13.8 Å². The molecule has 2 rings (SSSR count). The molecule has 144 valence electrons. The van der Waals surface area contributed by atoms with E-state index in [2.05, 4.69) is 49.1 Å². The molecule has 0 saturated heterocycles. The molecular formula is C23H29NO3. The van der Waals surface area contributed by atoms with Crippen molar-refractivity contribution >= 4 is 17.8 Å². The Morgan fingerprint density at radius 3 is 1.70 bits per heavy atom. The van der Waals surface area contributed by atoms with Gasteiger partial charge in [-0.25, -0.2) is 0 Å². The Morgan fingerprint density at radius 1 is 0.741 bits per heavy atom. The molecule has 0 saturated carbocycles. The van der Waals surface area contributed by atoms with Crippen LogP contribution < -0.4 is 19.1 Å². The Morgan fingerprint density at radius 2 is 1.26 bits per heavy atom. The van der Waals surface area contributed by atoms with Gasteiger partial charge in [-0.05, 0) is 49.2 Å². The van der Waals surface area contributed by atoms with Gasteiger partial charge in [-0.2, -0.15) is 0 Å². The van der Waals surface area contributed by atoms with Crippen LogP contribution in [-0.2, 0) is 0 Å². The summed E-state index contributed by atoms with van der Waals surface area (Å²) in [5.74, 6) is 1.89. The normalized spacial score (nSPS) is 11.1. The van der Waals surface area contributed by atoms with Gasteiger partial charge in [-0.1, -0.05) is 36.4 Å². The van der Waals surface area contributed by atoms with Crippen LogP contribution >= 0.6 is 0 Å². The van der Waals surface area contributed by atoms with E-state index in [9.17, 15) is 0 Å². The molecule has 4 heteroatoms. The monoisotopic (exact) mass is 367 g/mol. The number of hydrogen-bond acceptors (Lipinski definition) is 4. The minimum absolute atomic E-state index is 0.598. The van der Waals surface area contributed by atoms with Crippen LogP contribution in [0.2, 0.25) is 0 Å². The first-order valence-corrected chi connectivity index (χ1v) is 9.16. The van der Waals surface area contributed by atoms with E-state index in [1.165, 1.54) is 11.3 Å². The topological polar surface area (TPSA) is 30.9 Å². The third-order valence-corrected chi connectivity index (χ3v) is 4.40. The molecule has 0 unspecified atom stereocenters. The summed E-state index contributed by atoms with van der Waals surface area (Å²) in [6.07, 6.45) is 8.11. The molecule has 27 heavy (non-hydrogen) atoms. The average molecular weight is 367 g/mol. The van der Waals surface area contributed by atoms with E-state index in [0.717, 1.165) is 18.7 Å². The van der Waals surface area contributed by atoms with Crippen LogP contribution in [0.5, 0.6) is 17.2 Å². The molecule has 0 heterocycles. The number of methoxy groups -OCH3 is 3. The van der Waals surface area contributed by atoms with Crippen molar-refractivity contribution in [2.24, 2.45) is 0 Å². The van der Waals surface area contributed by atoms with E-state index in [4.69, 9.17) is 14.2 Å². The molecule has 0 atom stereocenters. The van der Waals surface area contributed by atoms with Gasteiger partial charge in [0, 0.05) is 18.8 Å². The minimum Gasteiger partial charge on any atom is -0.493 e. The summed E-state index contributed by atoms with van der Waals surface area (Å²) in [6.45, 7) is 6.38. The lowest BCUT2D eigenvalue weighted by Gasteiger charge is -2.20. The summed E-state index contributed by atoms with van der Waals surface area (Å²) in [7, 11) is 4.84. The maximum Gasteiger partial charge on any atom is 0.203 e. The Hall–Kier alpha value is -2.88. The van der Waals surface area contributed by atoms with E-state index >= 15 is 0 Å². The second-order valence-corrected chi connectivity index (χ2v) is 5.94. The number of nitrogens with zero attached hydrogens (tertiary/aromatic N) is 1. The fraction of sp³-hybridized carbons (Fsp3) is 0.304.